The van der Waals surface area contributed by atoms with Crippen LogP contribution in [-0.4, -0.2) is 53.6 Å². The smallest absolute Gasteiger partial charge is 0.255 e. The number of carbonyl (C=O) groups excluding carboxylic acids is 1. The highest BCUT2D eigenvalue weighted by molar-refractivity contribution is 5.96. The summed E-state index contributed by atoms with van der Waals surface area (Å²) >= 11 is 0. The first kappa shape index (κ1) is 17.5. The van der Waals surface area contributed by atoms with Gasteiger partial charge < -0.3 is 9.47 Å². The number of pyridine rings is 2. The molecule has 0 saturated carbocycles. The third kappa shape index (κ3) is 3.49. The summed E-state index contributed by atoms with van der Waals surface area (Å²) in [7, 11) is 0. The van der Waals surface area contributed by atoms with E-state index in [1.165, 1.54) is 0 Å². The van der Waals surface area contributed by atoms with Crippen molar-refractivity contribution < 1.29 is 4.79 Å². The second-order valence-corrected chi connectivity index (χ2v) is 7.36. The maximum absolute atomic E-state index is 13.1. The fraction of sp³-hybridized carbons (Fsp3) is 0.286. The number of fused-ring (bicyclic) bond motifs is 1. The van der Waals surface area contributed by atoms with Crippen molar-refractivity contribution in [1.82, 2.24) is 34.6 Å². The molecule has 4 aromatic heterocycles. The van der Waals surface area contributed by atoms with Gasteiger partial charge in [0.05, 0.1) is 24.1 Å². The lowest BCUT2D eigenvalue weighted by atomic mass is 9.94. The van der Waals surface area contributed by atoms with Crippen molar-refractivity contribution >= 4 is 17.1 Å². The highest BCUT2D eigenvalue weighted by Crippen LogP contribution is 2.26. The fourth-order valence-electron chi connectivity index (χ4n) is 3.94. The Balaban J connectivity index is 1.35. The van der Waals surface area contributed by atoms with Gasteiger partial charge in [-0.1, -0.05) is 6.07 Å². The molecule has 1 saturated heterocycles. The number of piperidine rings is 1. The van der Waals surface area contributed by atoms with Gasteiger partial charge in [0.15, 0.2) is 5.65 Å². The summed E-state index contributed by atoms with van der Waals surface area (Å²) in [4.78, 5) is 28.3. The van der Waals surface area contributed by atoms with Crippen LogP contribution in [0.15, 0.2) is 55.2 Å². The minimum atomic E-state index is 0.00268. The van der Waals surface area contributed by atoms with Gasteiger partial charge in [-0.15, -0.1) is 0 Å². The standard InChI is InChI=1S/C21H21N7O/c29-21(27-9-3-4-15(12-27)18-6-8-25-26-18)16-10-19-20(23-11-16)28(14-24-19)13-17-5-1-2-7-22-17/h1-2,5-8,10-11,14-15H,3-4,9,12-13H2,(H,25,26). The lowest BCUT2D eigenvalue weighted by Crippen LogP contribution is -2.39. The summed E-state index contributed by atoms with van der Waals surface area (Å²) in [5.74, 6) is 0.298. The third-order valence-corrected chi connectivity index (χ3v) is 5.43. The van der Waals surface area contributed by atoms with E-state index in [9.17, 15) is 4.79 Å². The zero-order chi connectivity index (χ0) is 19.6. The average Bonchev–Trinajstić information content (AvgIpc) is 3.44. The minimum absolute atomic E-state index is 0.00268. The Morgan fingerprint density at radius 3 is 2.97 bits per heavy atom. The van der Waals surface area contributed by atoms with Crippen molar-refractivity contribution in [1.29, 1.82) is 0 Å². The molecule has 8 heteroatoms. The predicted octanol–water partition coefficient (Wildman–Crippen LogP) is 2.62. The van der Waals surface area contributed by atoms with E-state index in [4.69, 9.17) is 0 Å². The van der Waals surface area contributed by atoms with Gasteiger partial charge in [-0.25, -0.2) is 9.97 Å². The molecule has 0 radical (unpaired) electrons. The van der Waals surface area contributed by atoms with Crippen LogP contribution in [0.3, 0.4) is 0 Å². The van der Waals surface area contributed by atoms with Gasteiger partial charge in [0.25, 0.3) is 5.91 Å². The van der Waals surface area contributed by atoms with Crippen LogP contribution in [0.4, 0.5) is 0 Å². The topological polar surface area (TPSA) is 92.6 Å². The number of hydrogen-bond acceptors (Lipinski definition) is 5. The monoisotopic (exact) mass is 387 g/mol. The molecule has 5 rings (SSSR count). The summed E-state index contributed by atoms with van der Waals surface area (Å²) in [5.41, 5.74) is 4.07. The number of nitrogens with one attached hydrogen (secondary N) is 1. The van der Waals surface area contributed by atoms with Gasteiger partial charge >= 0.3 is 0 Å². The fourth-order valence-corrected chi connectivity index (χ4v) is 3.94. The highest BCUT2D eigenvalue weighted by atomic mass is 16.2. The van der Waals surface area contributed by atoms with Gasteiger partial charge in [-0.3, -0.25) is 14.9 Å². The van der Waals surface area contributed by atoms with Crippen molar-refractivity contribution in [2.24, 2.45) is 0 Å². The first-order valence-electron chi connectivity index (χ1n) is 9.77. The number of aromatic nitrogens is 6. The molecule has 5 heterocycles. The van der Waals surface area contributed by atoms with Gasteiger partial charge in [0.1, 0.15) is 5.52 Å². The molecule has 1 amide bonds. The summed E-state index contributed by atoms with van der Waals surface area (Å²) in [5, 5.41) is 7.07. The van der Waals surface area contributed by atoms with E-state index >= 15 is 0 Å². The lowest BCUT2D eigenvalue weighted by Gasteiger charge is -2.32. The Morgan fingerprint density at radius 2 is 2.14 bits per heavy atom. The highest BCUT2D eigenvalue weighted by Gasteiger charge is 2.26. The quantitative estimate of drug-likeness (QED) is 0.581. The first-order chi connectivity index (χ1) is 14.3. The largest absolute Gasteiger partial charge is 0.338 e. The van der Waals surface area contributed by atoms with Gasteiger partial charge in [0.2, 0.25) is 0 Å². The van der Waals surface area contributed by atoms with E-state index < -0.39 is 0 Å². The van der Waals surface area contributed by atoms with E-state index in [0.29, 0.717) is 30.1 Å². The number of rotatable bonds is 4. The molecule has 0 aliphatic carbocycles. The van der Waals surface area contributed by atoms with Crippen LogP contribution in [0.1, 0.15) is 40.5 Å². The summed E-state index contributed by atoms with van der Waals surface area (Å²) in [6, 6.07) is 9.64. The van der Waals surface area contributed by atoms with E-state index in [1.54, 1.807) is 24.9 Å². The molecule has 1 atom stereocenters. The zero-order valence-corrected chi connectivity index (χ0v) is 15.9. The minimum Gasteiger partial charge on any atom is -0.338 e. The Bertz CT molecular complexity index is 1120. The number of aromatic amines is 1. The maximum atomic E-state index is 13.1. The third-order valence-electron chi connectivity index (χ3n) is 5.43. The summed E-state index contributed by atoms with van der Waals surface area (Å²) in [6.45, 7) is 2.04. The van der Waals surface area contributed by atoms with Crippen molar-refractivity contribution in [2.45, 2.75) is 25.3 Å². The van der Waals surface area contributed by atoms with E-state index in [1.807, 2.05) is 39.8 Å². The van der Waals surface area contributed by atoms with Crippen LogP contribution in [0.2, 0.25) is 0 Å². The molecule has 146 valence electrons. The van der Waals surface area contributed by atoms with E-state index in [2.05, 4.69) is 25.1 Å². The van der Waals surface area contributed by atoms with Crippen molar-refractivity contribution in [3.63, 3.8) is 0 Å². The Labute approximate surface area is 167 Å². The van der Waals surface area contributed by atoms with Crippen molar-refractivity contribution in [3.05, 3.63) is 72.2 Å². The second kappa shape index (κ2) is 7.46. The van der Waals surface area contributed by atoms with E-state index in [0.717, 1.165) is 36.4 Å². The molecular weight excluding hydrogens is 366 g/mol. The number of likely N-dealkylation sites (tertiary alicyclic amines) is 1. The molecule has 0 spiro atoms. The molecule has 1 N–H and O–H groups in total. The van der Waals surface area contributed by atoms with E-state index in [-0.39, 0.29) is 5.91 Å². The van der Waals surface area contributed by atoms with Gasteiger partial charge in [-0.2, -0.15) is 5.10 Å². The van der Waals surface area contributed by atoms with Crippen LogP contribution >= 0.6 is 0 Å². The molecule has 0 aromatic carbocycles. The number of carbonyl (C=O) groups is 1. The Kier molecular flexibility index (Phi) is 4.51. The Morgan fingerprint density at radius 1 is 1.17 bits per heavy atom. The molecular formula is C21H21N7O. The molecule has 29 heavy (non-hydrogen) atoms. The van der Waals surface area contributed by atoms with Gasteiger partial charge in [0, 0.05) is 43.3 Å². The average molecular weight is 387 g/mol. The van der Waals surface area contributed by atoms with Crippen LogP contribution in [0.25, 0.3) is 11.2 Å². The summed E-state index contributed by atoms with van der Waals surface area (Å²) in [6.07, 6.45) is 8.96. The molecule has 1 fully saturated rings. The number of H-pyrrole nitrogens is 1. The molecule has 4 aromatic rings. The summed E-state index contributed by atoms with van der Waals surface area (Å²) < 4.78 is 1.95. The number of imidazole rings is 1. The van der Waals surface area contributed by atoms with Crippen molar-refractivity contribution in [2.75, 3.05) is 13.1 Å². The molecule has 8 nitrogen and oxygen atoms in total. The van der Waals surface area contributed by atoms with Crippen LogP contribution in [-0.2, 0) is 6.54 Å². The molecule has 0 bridgehead atoms. The second-order valence-electron chi connectivity index (χ2n) is 7.36. The molecule has 1 unspecified atom stereocenters. The van der Waals surface area contributed by atoms with Crippen LogP contribution in [0, 0.1) is 0 Å². The molecule has 1 aliphatic heterocycles. The lowest BCUT2D eigenvalue weighted by molar-refractivity contribution is 0.0705. The SMILES string of the molecule is O=C(c1cnc2c(c1)ncn2Cc1ccccn1)N1CCCC(c2ccn[nH]2)C1. The first-order valence-corrected chi connectivity index (χ1v) is 9.77. The number of nitrogens with zero attached hydrogens (tertiary/aromatic N) is 6. The number of hydrogen-bond donors (Lipinski definition) is 1. The van der Waals surface area contributed by atoms with Crippen LogP contribution < -0.4 is 0 Å². The maximum Gasteiger partial charge on any atom is 0.255 e. The predicted molar refractivity (Wildman–Crippen MR) is 107 cm³/mol. The zero-order valence-electron chi connectivity index (χ0n) is 15.9. The molecule has 1 aliphatic rings. The Hall–Kier alpha value is -3.55. The van der Waals surface area contributed by atoms with Crippen molar-refractivity contribution in [3.8, 4) is 0 Å². The number of amides is 1. The van der Waals surface area contributed by atoms with Gasteiger partial charge in [-0.05, 0) is 37.1 Å². The van der Waals surface area contributed by atoms with Crippen LogP contribution in [0.5, 0.6) is 0 Å². The normalized spacial score (nSPS) is 17.0.